The summed E-state index contributed by atoms with van der Waals surface area (Å²) in [6.07, 6.45) is 3.66. The summed E-state index contributed by atoms with van der Waals surface area (Å²) in [6.45, 7) is 1.18. The summed E-state index contributed by atoms with van der Waals surface area (Å²) in [5.74, 6) is -0.161. The Kier molecular flexibility index (Phi) is 6.00. The van der Waals surface area contributed by atoms with Crippen molar-refractivity contribution in [3.8, 4) is 11.1 Å². The second kappa shape index (κ2) is 9.01. The van der Waals surface area contributed by atoms with E-state index in [1.807, 2.05) is 40.6 Å². The van der Waals surface area contributed by atoms with Crippen LogP contribution in [-0.2, 0) is 16.0 Å². The molecule has 0 saturated carbocycles. The predicted molar refractivity (Wildman–Crippen MR) is 116 cm³/mol. The van der Waals surface area contributed by atoms with E-state index in [0.29, 0.717) is 24.6 Å². The molecular formula is C23H23N3O2S. The van der Waals surface area contributed by atoms with Crippen LogP contribution in [0.2, 0.25) is 0 Å². The number of rotatable bonds is 5. The number of carbonyl (C=O) groups is 2. The predicted octanol–water partition coefficient (Wildman–Crippen LogP) is 4.23. The van der Waals surface area contributed by atoms with Gasteiger partial charge in [0.15, 0.2) is 5.13 Å². The van der Waals surface area contributed by atoms with E-state index in [2.05, 4.69) is 34.6 Å². The van der Waals surface area contributed by atoms with Gasteiger partial charge < -0.3 is 10.2 Å². The molecule has 4 rings (SSSR count). The summed E-state index contributed by atoms with van der Waals surface area (Å²) in [5, 5.41) is 5.29. The van der Waals surface area contributed by atoms with Crippen molar-refractivity contribution in [1.82, 2.24) is 9.88 Å². The highest BCUT2D eigenvalue weighted by Crippen LogP contribution is 2.22. The molecule has 0 radical (unpaired) electrons. The maximum atomic E-state index is 12.8. The van der Waals surface area contributed by atoms with E-state index in [-0.39, 0.29) is 17.7 Å². The minimum Gasteiger partial charge on any atom is -0.342 e. The first-order chi connectivity index (χ1) is 14.2. The number of piperidine rings is 1. The van der Waals surface area contributed by atoms with Crippen molar-refractivity contribution in [3.63, 3.8) is 0 Å². The zero-order valence-electron chi connectivity index (χ0n) is 16.1. The fourth-order valence-corrected chi connectivity index (χ4v) is 4.17. The highest BCUT2D eigenvalue weighted by Gasteiger charge is 2.28. The first kappa shape index (κ1) is 19.3. The Morgan fingerprint density at radius 2 is 1.83 bits per heavy atom. The first-order valence-electron chi connectivity index (χ1n) is 9.81. The standard InChI is InChI=1S/C23H23N3O2S/c27-21(15-17-8-10-19(11-9-17)18-5-2-1-3-6-18)26-13-4-7-20(16-26)22(28)25-23-24-12-14-29-23/h1-3,5-6,8-12,14,20H,4,7,13,15-16H2,(H,24,25,28). The maximum absolute atomic E-state index is 12.8. The molecule has 3 aromatic rings. The van der Waals surface area contributed by atoms with Crippen LogP contribution in [0.4, 0.5) is 5.13 Å². The van der Waals surface area contributed by atoms with Crippen LogP contribution in [0.3, 0.4) is 0 Å². The summed E-state index contributed by atoms with van der Waals surface area (Å²) in [4.78, 5) is 31.2. The lowest BCUT2D eigenvalue weighted by Gasteiger charge is -2.32. The molecule has 1 fully saturated rings. The maximum Gasteiger partial charge on any atom is 0.231 e. The van der Waals surface area contributed by atoms with Crippen LogP contribution in [0.15, 0.2) is 66.2 Å². The normalized spacial score (nSPS) is 16.4. The van der Waals surface area contributed by atoms with E-state index in [4.69, 9.17) is 0 Å². The molecular weight excluding hydrogens is 382 g/mol. The molecule has 0 spiro atoms. The van der Waals surface area contributed by atoms with Crippen molar-refractivity contribution in [2.75, 3.05) is 18.4 Å². The molecule has 2 aromatic carbocycles. The largest absolute Gasteiger partial charge is 0.342 e. The quantitative estimate of drug-likeness (QED) is 0.691. The number of aromatic nitrogens is 1. The van der Waals surface area contributed by atoms with E-state index in [1.165, 1.54) is 11.3 Å². The monoisotopic (exact) mass is 405 g/mol. The Bertz CT molecular complexity index is 956. The number of likely N-dealkylation sites (tertiary alicyclic amines) is 1. The van der Waals surface area contributed by atoms with Gasteiger partial charge in [-0.3, -0.25) is 9.59 Å². The Morgan fingerprint density at radius 1 is 1.07 bits per heavy atom. The minimum absolute atomic E-state index is 0.0512. The van der Waals surface area contributed by atoms with Gasteiger partial charge in [0.05, 0.1) is 12.3 Å². The molecule has 1 atom stereocenters. The fourth-order valence-electron chi connectivity index (χ4n) is 3.64. The molecule has 148 valence electrons. The highest BCUT2D eigenvalue weighted by atomic mass is 32.1. The topological polar surface area (TPSA) is 62.3 Å². The van der Waals surface area contributed by atoms with E-state index < -0.39 is 0 Å². The molecule has 1 aliphatic heterocycles. The van der Waals surface area contributed by atoms with Gasteiger partial charge in [-0.15, -0.1) is 11.3 Å². The van der Waals surface area contributed by atoms with Crippen LogP contribution in [0.5, 0.6) is 0 Å². The summed E-state index contributed by atoms with van der Waals surface area (Å²) in [5.41, 5.74) is 3.29. The van der Waals surface area contributed by atoms with E-state index in [9.17, 15) is 9.59 Å². The van der Waals surface area contributed by atoms with E-state index in [1.54, 1.807) is 6.20 Å². The average molecular weight is 406 g/mol. The number of thiazole rings is 1. The summed E-state index contributed by atoms with van der Waals surface area (Å²) < 4.78 is 0. The molecule has 0 aliphatic carbocycles. The van der Waals surface area contributed by atoms with Gasteiger partial charge in [0.2, 0.25) is 11.8 Å². The van der Waals surface area contributed by atoms with Crippen LogP contribution < -0.4 is 5.32 Å². The van der Waals surface area contributed by atoms with Crippen LogP contribution in [0, 0.1) is 5.92 Å². The molecule has 1 N–H and O–H groups in total. The van der Waals surface area contributed by atoms with E-state index in [0.717, 1.165) is 29.5 Å². The molecule has 2 amide bonds. The number of nitrogens with zero attached hydrogens (tertiary/aromatic N) is 2. The van der Waals surface area contributed by atoms with Gasteiger partial charge in [-0.2, -0.15) is 0 Å². The number of benzene rings is 2. The van der Waals surface area contributed by atoms with E-state index >= 15 is 0 Å². The lowest BCUT2D eigenvalue weighted by atomic mass is 9.96. The van der Waals surface area contributed by atoms with Crippen LogP contribution in [-0.4, -0.2) is 34.8 Å². The highest BCUT2D eigenvalue weighted by molar-refractivity contribution is 7.13. The third kappa shape index (κ3) is 4.90. The lowest BCUT2D eigenvalue weighted by molar-refractivity contribution is -0.133. The molecule has 1 saturated heterocycles. The summed E-state index contributed by atoms with van der Waals surface area (Å²) in [7, 11) is 0. The van der Waals surface area contributed by atoms with Crippen molar-refractivity contribution in [2.45, 2.75) is 19.3 Å². The number of nitrogens with one attached hydrogen (secondary N) is 1. The molecule has 29 heavy (non-hydrogen) atoms. The molecule has 1 aromatic heterocycles. The molecule has 0 bridgehead atoms. The fraction of sp³-hybridized carbons (Fsp3) is 0.261. The van der Waals surface area contributed by atoms with Gasteiger partial charge in [-0.1, -0.05) is 54.6 Å². The Balaban J connectivity index is 1.35. The molecule has 5 nitrogen and oxygen atoms in total. The number of amides is 2. The Morgan fingerprint density at radius 3 is 2.55 bits per heavy atom. The zero-order valence-corrected chi connectivity index (χ0v) is 16.9. The van der Waals surface area contributed by atoms with Crippen molar-refractivity contribution >= 4 is 28.3 Å². The lowest BCUT2D eigenvalue weighted by Crippen LogP contribution is -2.44. The second-order valence-corrected chi connectivity index (χ2v) is 8.14. The smallest absolute Gasteiger partial charge is 0.231 e. The van der Waals surface area contributed by atoms with Gasteiger partial charge >= 0.3 is 0 Å². The number of hydrogen-bond donors (Lipinski definition) is 1. The van der Waals surface area contributed by atoms with Crippen molar-refractivity contribution in [2.24, 2.45) is 5.92 Å². The SMILES string of the molecule is O=C(Nc1nccs1)C1CCCN(C(=O)Cc2ccc(-c3ccccc3)cc2)C1. The van der Waals surface area contributed by atoms with Crippen molar-refractivity contribution in [1.29, 1.82) is 0 Å². The number of hydrogen-bond acceptors (Lipinski definition) is 4. The zero-order chi connectivity index (χ0) is 20.1. The molecule has 1 aliphatic rings. The third-order valence-electron chi connectivity index (χ3n) is 5.22. The molecule has 2 heterocycles. The third-order valence-corrected chi connectivity index (χ3v) is 5.91. The van der Waals surface area contributed by atoms with Crippen LogP contribution >= 0.6 is 11.3 Å². The van der Waals surface area contributed by atoms with Gasteiger partial charge in [-0.05, 0) is 29.5 Å². The van der Waals surface area contributed by atoms with Crippen LogP contribution in [0.1, 0.15) is 18.4 Å². The van der Waals surface area contributed by atoms with Crippen molar-refractivity contribution in [3.05, 3.63) is 71.7 Å². The van der Waals surface area contributed by atoms with Gasteiger partial charge in [0.25, 0.3) is 0 Å². The first-order valence-corrected chi connectivity index (χ1v) is 10.7. The van der Waals surface area contributed by atoms with Gasteiger partial charge in [0.1, 0.15) is 0 Å². The van der Waals surface area contributed by atoms with Gasteiger partial charge in [0, 0.05) is 24.7 Å². The molecule has 6 heteroatoms. The van der Waals surface area contributed by atoms with Crippen LogP contribution in [0.25, 0.3) is 11.1 Å². The number of anilines is 1. The molecule has 1 unspecified atom stereocenters. The van der Waals surface area contributed by atoms with Gasteiger partial charge in [-0.25, -0.2) is 4.98 Å². The Labute approximate surface area is 174 Å². The minimum atomic E-state index is -0.183. The Hall–Kier alpha value is -2.99. The van der Waals surface area contributed by atoms with Crippen molar-refractivity contribution < 1.29 is 9.59 Å². The number of carbonyl (C=O) groups excluding carboxylic acids is 2. The second-order valence-electron chi connectivity index (χ2n) is 7.25. The average Bonchev–Trinajstić information content (AvgIpc) is 3.28. The summed E-state index contributed by atoms with van der Waals surface area (Å²) >= 11 is 1.40. The summed E-state index contributed by atoms with van der Waals surface area (Å²) in [6, 6.07) is 18.3.